The molecule has 31 heavy (non-hydrogen) atoms. The highest BCUT2D eigenvalue weighted by molar-refractivity contribution is 6.30. The van der Waals surface area contributed by atoms with Gasteiger partial charge in [0.25, 0.3) is 5.91 Å². The number of likely N-dealkylation sites (tertiary alicyclic amines) is 1. The van der Waals surface area contributed by atoms with Crippen LogP contribution >= 0.6 is 11.6 Å². The van der Waals surface area contributed by atoms with Crippen molar-refractivity contribution in [3.05, 3.63) is 77.1 Å². The molecule has 7 heteroatoms. The van der Waals surface area contributed by atoms with E-state index in [2.05, 4.69) is 23.3 Å². The van der Waals surface area contributed by atoms with E-state index in [0.717, 1.165) is 31.6 Å². The van der Waals surface area contributed by atoms with E-state index in [1.165, 1.54) is 0 Å². The van der Waals surface area contributed by atoms with E-state index in [9.17, 15) is 10.1 Å². The van der Waals surface area contributed by atoms with Gasteiger partial charge in [0.05, 0.1) is 11.1 Å². The number of nitrogens with zero attached hydrogens (tertiary/aromatic N) is 3. The lowest BCUT2D eigenvalue weighted by molar-refractivity contribution is 0.102. The molecule has 1 saturated heterocycles. The van der Waals surface area contributed by atoms with E-state index < -0.39 is 0 Å². The summed E-state index contributed by atoms with van der Waals surface area (Å²) in [6.07, 6.45) is 5.55. The van der Waals surface area contributed by atoms with Crippen LogP contribution in [0.25, 0.3) is 5.69 Å². The van der Waals surface area contributed by atoms with Crippen LogP contribution < -0.4 is 10.1 Å². The SMILES string of the molecule is CN1CCC(Oc2ccc(NC(=O)c3ccn(-c4ccc(Cl)cc4)c3)cc2C#N)CC1. The van der Waals surface area contributed by atoms with Crippen molar-refractivity contribution in [1.82, 2.24) is 9.47 Å². The van der Waals surface area contributed by atoms with E-state index >= 15 is 0 Å². The molecule has 2 heterocycles. The van der Waals surface area contributed by atoms with Crippen molar-refractivity contribution in [2.24, 2.45) is 0 Å². The molecule has 0 aliphatic carbocycles. The molecule has 1 aliphatic heterocycles. The zero-order valence-corrected chi connectivity index (χ0v) is 18.0. The first-order valence-corrected chi connectivity index (χ1v) is 10.5. The minimum atomic E-state index is -0.249. The number of nitrogens with one attached hydrogen (secondary N) is 1. The lowest BCUT2D eigenvalue weighted by Crippen LogP contribution is -2.35. The van der Waals surface area contributed by atoms with E-state index in [1.54, 1.807) is 42.6 Å². The number of ether oxygens (including phenoxy) is 1. The smallest absolute Gasteiger partial charge is 0.257 e. The Kier molecular flexibility index (Phi) is 6.26. The van der Waals surface area contributed by atoms with Crippen molar-refractivity contribution in [1.29, 1.82) is 5.26 Å². The van der Waals surface area contributed by atoms with Crippen LogP contribution in [-0.2, 0) is 0 Å². The Labute approximate surface area is 186 Å². The lowest BCUT2D eigenvalue weighted by atomic mass is 10.1. The van der Waals surface area contributed by atoms with Gasteiger partial charge in [0.15, 0.2) is 0 Å². The first kappa shape index (κ1) is 21.0. The Bertz CT molecular complexity index is 1110. The fourth-order valence-electron chi connectivity index (χ4n) is 3.59. The van der Waals surface area contributed by atoms with Gasteiger partial charge in [-0.2, -0.15) is 5.26 Å². The molecule has 1 aromatic heterocycles. The third-order valence-electron chi connectivity index (χ3n) is 5.40. The number of hydrogen-bond donors (Lipinski definition) is 1. The molecule has 1 fully saturated rings. The summed E-state index contributed by atoms with van der Waals surface area (Å²) in [6, 6.07) is 16.5. The zero-order valence-electron chi connectivity index (χ0n) is 17.2. The number of hydrogen-bond acceptors (Lipinski definition) is 4. The molecule has 1 aliphatic rings. The van der Waals surface area contributed by atoms with Crippen LogP contribution in [0.1, 0.15) is 28.8 Å². The molecule has 4 rings (SSSR count). The molecule has 1 amide bonds. The summed E-state index contributed by atoms with van der Waals surface area (Å²) in [7, 11) is 2.10. The third kappa shape index (κ3) is 5.08. The standard InChI is InChI=1S/C24H23ClN4O2/c1-28-11-9-22(10-12-28)31-23-7-4-20(14-18(23)15-26)27-24(30)17-8-13-29(16-17)21-5-2-19(25)3-6-21/h2-8,13-14,16,22H,9-12H2,1H3,(H,27,30). The molecule has 0 unspecified atom stereocenters. The fourth-order valence-corrected chi connectivity index (χ4v) is 3.71. The molecule has 2 aromatic carbocycles. The molecular formula is C24H23ClN4O2. The molecule has 6 nitrogen and oxygen atoms in total. The molecule has 0 saturated carbocycles. The maximum atomic E-state index is 12.7. The van der Waals surface area contributed by atoms with Gasteiger partial charge in [0, 0.05) is 41.9 Å². The van der Waals surface area contributed by atoms with Crippen LogP contribution in [0, 0.1) is 11.3 Å². The minimum Gasteiger partial charge on any atom is -0.489 e. The van der Waals surface area contributed by atoms with E-state index in [1.807, 2.05) is 22.9 Å². The number of carbonyl (C=O) groups excluding carboxylic acids is 1. The number of amides is 1. The summed E-state index contributed by atoms with van der Waals surface area (Å²) in [6.45, 7) is 1.97. The van der Waals surface area contributed by atoms with Crippen molar-refractivity contribution < 1.29 is 9.53 Å². The summed E-state index contributed by atoms with van der Waals surface area (Å²) in [5.74, 6) is 0.310. The van der Waals surface area contributed by atoms with Crippen molar-refractivity contribution >= 4 is 23.2 Å². The molecule has 0 spiro atoms. The number of rotatable bonds is 5. The summed E-state index contributed by atoms with van der Waals surface area (Å²) < 4.78 is 7.91. The summed E-state index contributed by atoms with van der Waals surface area (Å²) in [4.78, 5) is 14.9. The van der Waals surface area contributed by atoms with Crippen LogP contribution in [0.2, 0.25) is 5.02 Å². The zero-order chi connectivity index (χ0) is 21.8. The third-order valence-corrected chi connectivity index (χ3v) is 5.65. The predicted molar refractivity (Wildman–Crippen MR) is 121 cm³/mol. The van der Waals surface area contributed by atoms with Crippen LogP contribution in [0.4, 0.5) is 5.69 Å². The average Bonchev–Trinajstić information content (AvgIpc) is 3.27. The van der Waals surface area contributed by atoms with Crippen molar-refractivity contribution in [2.45, 2.75) is 18.9 Å². The lowest BCUT2D eigenvalue weighted by Gasteiger charge is -2.29. The van der Waals surface area contributed by atoms with Crippen molar-refractivity contribution in [3.63, 3.8) is 0 Å². The van der Waals surface area contributed by atoms with Gasteiger partial charge in [-0.05, 0) is 68.4 Å². The Morgan fingerprint density at radius 1 is 1.16 bits per heavy atom. The molecule has 0 atom stereocenters. The van der Waals surface area contributed by atoms with Crippen LogP contribution in [0.5, 0.6) is 5.75 Å². The van der Waals surface area contributed by atoms with Gasteiger partial charge < -0.3 is 19.5 Å². The Morgan fingerprint density at radius 2 is 1.90 bits per heavy atom. The van der Waals surface area contributed by atoms with Crippen LogP contribution in [0.3, 0.4) is 0 Å². The van der Waals surface area contributed by atoms with Gasteiger partial charge in [0.2, 0.25) is 0 Å². The highest BCUT2D eigenvalue weighted by Crippen LogP contribution is 2.26. The van der Waals surface area contributed by atoms with Gasteiger partial charge in [-0.15, -0.1) is 0 Å². The number of halogens is 1. The van der Waals surface area contributed by atoms with E-state index in [0.29, 0.717) is 27.6 Å². The van der Waals surface area contributed by atoms with Gasteiger partial charge in [-0.1, -0.05) is 11.6 Å². The molecular weight excluding hydrogens is 412 g/mol. The van der Waals surface area contributed by atoms with Crippen molar-refractivity contribution in [2.75, 3.05) is 25.5 Å². The van der Waals surface area contributed by atoms with Crippen LogP contribution in [-0.4, -0.2) is 41.6 Å². The highest BCUT2D eigenvalue weighted by atomic mass is 35.5. The second-order valence-corrected chi connectivity index (χ2v) is 8.12. The first-order valence-electron chi connectivity index (χ1n) is 10.2. The maximum Gasteiger partial charge on any atom is 0.257 e. The monoisotopic (exact) mass is 434 g/mol. The summed E-state index contributed by atoms with van der Waals surface area (Å²) in [5.41, 5.74) is 2.39. The summed E-state index contributed by atoms with van der Waals surface area (Å²) >= 11 is 5.93. The van der Waals surface area contributed by atoms with E-state index in [4.69, 9.17) is 16.3 Å². The number of carbonyl (C=O) groups is 1. The van der Waals surface area contributed by atoms with Crippen LogP contribution in [0.15, 0.2) is 60.9 Å². The number of benzene rings is 2. The Morgan fingerprint density at radius 3 is 2.61 bits per heavy atom. The normalized spacial score (nSPS) is 14.7. The molecule has 1 N–H and O–H groups in total. The number of anilines is 1. The second kappa shape index (κ2) is 9.25. The van der Waals surface area contributed by atoms with E-state index in [-0.39, 0.29) is 12.0 Å². The minimum absolute atomic E-state index is 0.108. The molecule has 3 aromatic rings. The first-order chi connectivity index (χ1) is 15.0. The Balaban J connectivity index is 1.44. The van der Waals surface area contributed by atoms with Gasteiger partial charge in [0.1, 0.15) is 17.9 Å². The van der Waals surface area contributed by atoms with Gasteiger partial charge >= 0.3 is 0 Å². The molecule has 0 bridgehead atoms. The number of aromatic nitrogens is 1. The van der Waals surface area contributed by atoms with Crippen molar-refractivity contribution in [3.8, 4) is 17.5 Å². The quantitative estimate of drug-likeness (QED) is 0.630. The number of nitriles is 1. The average molecular weight is 435 g/mol. The van der Waals surface area contributed by atoms with Gasteiger partial charge in [-0.25, -0.2) is 0 Å². The molecule has 158 valence electrons. The van der Waals surface area contributed by atoms with Gasteiger partial charge in [-0.3, -0.25) is 4.79 Å². The Hall–Kier alpha value is -3.27. The summed E-state index contributed by atoms with van der Waals surface area (Å²) in [5, 5.41) is 13.1. The predicted octanol–water partition coefficient (Wildman–Crippen LogP) is 4.73. The number of piperidine rings is 1. The topological polar surface area (TPSA) is 70.3 Å². The second-order valence-electron chi connectivity index (χ2n) is 7.68. The fraction of sp³-hybridized carbons (Fsp3) is 0.250. The maximum absolute atomic E-state index is 12.7. The largest absolute Gasteiger partial charge is 0.489 e. The highest BCUT2D eigenvalue weighted by Gasteiger charge is 2.19. The molecule has 0 radical (unpaired) electrons.